The van der Waals surface area contributed by atoms with Gasteiger partial charge in [0.25, 0.3) is 0 Å². The van der Waals surface area contributed by atoms with Crippen LogP contribution in [0.15, 0.2) is 17.2 Å². The minimum atomic E-state index is 0.291. The Hall–Kier alpha value is -1.45. The van der Waals surface area contributed by atoms with Gasteiger partial charge in [0.1, 0.15) is 11.0 Å². The summed E-state index contributed by atoms with van der Waals surface area (Å²) in [6.07, 6.45) is 1.01. The molecule has 1 N–H and O–H groups in total. The summed E-state index contributed by atoms with van der Waals surface area (Å²) in [7, 11) is 0. The van der Waals surface area contributed by atoms with Crippen LogP contribution in [0.25, 0.3) is 10.4 Å². The Morgan fingerprint density at radius 2 is 2.40 bits per heavy atom. The molecule has 0 fully saturated rings. The van der Waals surface area contributed by atoms with Crippen LogP contribution in [0.2, 0.25) is 5.15 Å². The number of nitrogens with one attached hydrogen (secondary N) is 1. The van der Waals surface area contributed by atoms with Crippen molar-refractivity contribution in [1.29, 1.82) is 0 Å². The van der Waals surface area contributed by atoms with Crippen molar-refractivity contribution in [2.75, 3.05) is 11.9 Å². The van der Waals surface area contributed by atoms with Gasteiger partial charge in [0.15, 0.2) is 0 Å². The Bertz CT molecular complexity index is 373. The molecule has 0 radical (unpaired) electrons. The van der Waals surface area contributed by atoms with Gasteiger partial charge in [-0.1, -0.05) is 23.6 Å². The molecule has 15 heavy (non-hydrogen) atoms. The first-order valence-electron chi connectivity index (χ1n) is 4.67. The fraction of sp³-hybridized carbons (Fsp3) is 0.444. The van der Waals surface area contributed by atoms with Crippen LogP contribution in [0.3, 0.4) is 0 Å². The summed E-state index contributed by atoms with van der Waals surface area (Å²) >= 11 is 5.82. The zero-order chi connectivity index (χ0) is 11.1. The van der Waals surface area contributed by atoms with E-state index in [4.69, 9.17) is 17.1 Å². The Morgan fingerprint density at radius 1 is 1.60 bits per heavy atom. The molecule has 0 saturated carbocycles. The highest BCUT2D eigenvalue weighted by Gasteiger charge is 1.99. The zero-order valence-corrected chi connectivity index (χ0v) is 9.20. The molecule has 0 saturated heterocycles. The van der Waals surface area contributed by atoms with Crippen molar-refractivity contribution >= 4 is 17.4 Å². The van der Waals surface area contributed by atoms with Gasteiger partial charge in [-0.2, -0.15) is 0 Å². The molecule has 0 aliphatic carbocycles. The first kappa shape index (κ1) is 11.6. The molecule has 1 heterocycles. The Balaban J connectivity index is 2.79. The van der Waals surface area contributed by atoms with E-state index < -0.39 is 0 Å². The van der Waals surface area contributed by atoms with Gasteiger partial charge < -0.3 is 5.32 Å². The van der Waals surface area contributed by atoms with Crippen LogP contribution in [0, 0.1) is 0 Å². The molecule has 1 rings (SSSR count). The third-order valence-electron chi connectivity index (χ3n) is 1.73. The lowest BCUT2D eigenvalue weighted by Crippen LogP contribution is -2.02. The molecule has 0 bridgehead atoms. The maximum absolute atomic E-state index is 8.20. The highest BCUT2D eigenvalue weighted by Crippen LogP contribution is 2.15. The second kappa shape index (κ2) is 6.11. The number of azide groups is 1. The molecule has 1 aromatic heterocycles. The van der Waals surface area contributed by atoms with Crippen molar-refractivity contribution in [3.63, 3.8) is 0 Å². The predicted octanol–water partition coefficient (Wildman–Crippen LogP) is 3.37. The van der Waals surface area contributed by atoms with Crippen LogP contribution >= 0.6 is 11.6 Å². The Kier molecular flexibility index (Phi) is 4.74. The zero-order valence-electron chi connectivity index (χ0n) is 8.44. The molecule has 0 aliphatic rings. The van der Waals surface area contributed by atoms with Gasteiger partial charge in [-0.3, -0.25) is 0 Å². The highest BCUT2D eigenvalue weighted by molar-refractivity contribution is 6.29. The normalized spacial score (nSPS) is 9.47. The lowest BCUT2D eigenvalue weighted by Gasteiger charge is -2.05. The van der Waals surface area contributed by atoms with Gasteiger partial charge in [0.2, 0.25) is 0 Å². The van der Waals surface area contributed by atoms with Gasteiger partial charge in [-0.15, -0.1) is 0 Å². The third kappa shape index (κ3) is 4.06. The Morgan fingerprint density at radius 3 is 3.07 bits per heavy atom. The number of aromatic nitrogens is 1. The Labute approximate surface area is 93.1 Å². The van der Waals surface area contributed by atoms with Crippen LogP contribution in [-0.4, -0.2) is 11.5 Å². The number of anilines is 1. The maximum Gasteiger partial charge on any atom is 0.131 e. The molecule has 0 unspecified atom stereocenters. The average molecular weight is 226 g/mol. The van der Waals surface area contributed by atoms with E-state index in [1.54, 1.807) is 6.07 Å². The third-order valence-corrected chi connectivity index (χ3v) is 1.92. The van der Waals surface area contributed by atoms with E-state index in [2.05, 4.69) is 27.3 Å². The molecule has 0 atom stereocenters. The largest absolute Gasteiger partial charge is 0.370 e. The van der Waals surface area contributed by atoms with Gasteiger partial charge in [-0.25, -0.2) is 4.98 Å². The fourth-order valence-electron chi connectivity index (χ4n) is 1.10. The topological polar surface area (TPSA) is 73.7 Å². The van der Waals surface area contributed by atoms with E-state index in [9.17, 15) is 0 Å². The van der Waals surface area contributed by atoms with E-state index in [-0.39, 0.29) is 0 Å². The van der Waals surface area contributed by atoms with E-state index in [0.29, 0.717) is 17.5 Å². The summed E-state index contributed by atoms with van der Waals surface area (Å²) < 4.78 is 0. The summed E-state index contributed by atoms with van der Waals surface area (Å²) in [5.41, 5.74) is 9.05. The molecule has 5 nitrogen and oxygen atoms in total. The van der Waals surface area contributed by atoms with Crippen molar-refractivity contribution in [3.8, 4) is 0 Å². The summed E-state index contributed by atoms with van der Waals surface area (Å²) in [4.78, 5) is 6.79. The smallest absolute Gasteiger partial charge is 0.131 e. The minimum absolute atomic E-state index is 0.291. The molecular weight excluding hydrogens is 214 g/mol. The molecule has 6 heteroatoms. The van der Waals surface area contributed by atoms with Crippen molar-refractivity contribution < 1.29 is 0 Å². The standard InChI is InChI=1S/C9H12ClN5/c1-2-3-12-9-5-7(6-13-15-11)4-8(10)14-9/h4-5H,2-3,6H2,1H3,(H,12,14). The first-order valence-corrected chi connectivity index (χ1v) is 5.05. The molecule has 80 valence electrons. The summed E-state index contributed by atoms with van der Waals surface area (Å²) in [5.74, 6) is 0.715. The molecule has 0 aliphatic heterocycles. The fourth-order valence-corrected chi connectivity index (χ4v) is 1.33. The van der Waals surface area contributed by atoms with Crippen molar-refractivity contribution in [3.05, 3.63) is 33.3 Å². The monoisotopic (exact) mass is 225 g/mol. The van der Waals surface area contributed by atoms with Gasteiger partial charge in [0.05, 0.1) is 6.54 Å². The number of halogens is 1. The number of hydrogen-bond donors (Lipinski definition) is 1. The molecule has 0 spiro atoms. The lowest BCUT2D eigenvalue weighted by atomic mass is 10.2. The van der Waals surface area contributed by atoms with Crippen LogP contribution < -0.4 is 5.32 Å². The van der Waals surface area contributed by atoms with Crippen LogP contribution in [0.5, 0.6) is 0 Å². The summed E-state index contributed by atoms with van der Waals surface area (Å²) in [5, 5.41) is 6.99. The van der Waals surface area contributed by atoms with Crippen molar-refractivity contribution in [2.45, 2.75) is 19.9 Å². The minimum Gasteiger partial charge on any atom is -0.370 e. The quantitative estimate of drug-likeness (QED) is 0.361. The predicted molar refractivity (Wildman–Crippen MR) is 60.9 cm³/mol. The van der Waals surface area contributed by atoms with E-state index in [1.807, 2.05) is 6.07 Å². The van der Waals surface area contributed by atoms with Crippen LogP contribution in [0.1, 0.15) is 18.9 Å². The van der Waals surface area contributed by atoms with Gasteiger partial charge in [-0.05, 0) is 29.6 Å². The van der Waals surface area contributed by atoms with Crippen molar-refractivity contribution in [2.24, 2.45) is 5.11 Å². The SMILES string of the molecule is CCCNc1cc(CN=[N+]=[N-])cc(Cl)n1. The lowest BCUT2D eigenvalue weighted by molar-refractivity contribution is 0.963. The van der Waals surface area contributed by atoms with Crippen LogP contribution in [0.4, 0.5) is 5.82 Å². The number of nitrogens with zero attached hydrogens (tertiary/aromatic N) is 4. The number of pyridine rings is 1. The second-order valence-electron chi connectivity index (χ2n) is 3.00. The summed E-state index contributed by atoms with van der Waals surface area (Å²) in [6.45, 7) is 3.20. The highest BCUT2D eigenvalue weighted by atomic mass is 35.5. The molecule has 0 amide bonds. The maximum atomic E-state index is 8.20. The van der Waals surface area contributed by atoms with E-state index in [1.165, 1.54) is 0 Å². The van der Waals surface area contributed by atoms with Gasteiger partial charge >= 0.3 is 0 Å². The average Bonchev–Trinajstić information content (AvgIpc) is 2.23. The van der Waals surface area contributed by atoms with Crippen molar-refractivity contribution in [1.82, 2.24) is 4.98 Å². The van der Waals surface area contributed by atoms with Crippen LogP contribution in [-0.2, 0) is 6.54 Å². The molecule has 1 aromatic rings. The summed E-state index contributed by atoms with van der Waals surface area (Å²) in [6, 6.07) is 3.52. The number of hydrogen-bond acceptors (Lipinski definition) is 3. The van der Waals surface area contributed by atoms with E-state index in [0.717, 1.165) is 18.5 Å². The molecule has 0 aromatic carbocycles. The van der Waals surface area contributed by atoms with Gasteiger partial charge in [0, 0.05) is 11.5 Å². The first-order chi connectivity index (χ1) is 7.26. The second-order valence-corrected chi connectivity index (χ2v) is 3.39. The van der Waals surface area contributed by atoms with E-state index >= 15 is 0 Å². The molecular formula is C9H12ClN5. The number of rotatable bonds is 5.